The molecule has 4 atom stereocenters. The van der Waals surface area contributed by atoms with Crippen LogP contribution in [0.15, 0.2) is 12.2 Å². The fourth-order valence-corrected chi connectivity index (χ4v) is 7.36. The maximum Gasteiger partial charge on any atom is 0.237 e. The van der Waals surface area contributed by atoms with E-state index in [2.05, 4.69) is 66.5 Å². The van der Waals surface area contributed by atoms with E-state index >= 15 is 0 Å². The first-order valence-corrected chi connectivity index (χ1v) is 14.9. The molecule has 0 N–H and O–H groups in total. The van der Waals surface area contributed by atoms with E-state index in [9.17, 15) is 9.59 Å². The third-order valence-electron chi connectivity index (χ3n) is 7.84. The Balaban J connectivity index is 1.61. The van der Waals surface area contributed by atoms with Crippen LogP contribution in [0.3, 0.4) is 0 Å². The zero-order chi connectivity index (χ0) is 25.4. The summed E-state index contributed by atoms with van der Waals surface area (Å²) in [5.41, 5.74) is 0.182. The van der Waals surface area contributed by atoms with Gasteiger partial charge in [0.15, 0.2) is 0 Å². The molecule has 0 radical (unpaired) electrons. The smallest absolute Gasteiger partial charge is 0.237 e. The molecule has 0 saturated carbocycles. The first-order chi connectivity index (χ1) is 16.7. The molecule has 0 bridgehead atoms. The van der Waals surface area contributed by atoms with Crippen molar-refractivity contribution in [2.45, 2.75) is 82.9 Å². The molecule has 0 spiro atoms. The van der Waals surface area contributed by atoms with E-state index in [4.69, 9.17) is 0 Å². The van der Waals surface area contributed by atoms with Crippen molar-refractivity contribution in [2.75, 3.05) is 59.4 Å². The number of carbonyl (C=O) groups excluding carboxylic acids is 2. The number of aldehydes is 1. The van der Waals surface area contributed by atoms with Gasteiger partial charge in [0.2, 0.25) is 5.91 Å². The standard InChI is InChI=1S/C28H50N4O2S/c1-6-14-29(5)15-9-16-30-18-20-31(21-19-30)24-11-8-7-10-23(24)27-32(17-13-28(2,3)4)26(34)25(35-27)12-22-33/h7,10,22-25,27H,6,8-9,11-21H2,1-5H3. The maximum atomic E-state index is 13.3. The second-order valence-electron chi connectivity index (χ2n) is 11.9. The quantitative estimate of drug-likeness (QED) is 0.295. The zero-order valence-electron chi connectivity index (χ0n) is 23.0. The van der Waals surface area contributed by atoms with Crippen LogP contribution >= 0.6 is 11.8 Å². The van der Waals surface area contributed by atoms with Crippen LogP contribution in [0.2, 0.25) is 0 Å². The highest BCUT2D eigenvalue weighted by Crippen LogP contribution is 2.42. The fraction of sp³-hybridized carbons (Fsp3) is 0.857. The summed E-state index contributed by atoms with van der Waals surface area (Å²) in [5.74, 6) is 0.510. The van der Waals surface area contributed by atoms with Crippen molar-refractivity contribution in [2.24, 2.45) is 11.3 Å². The Hall–Kier alpha value is -0.890. The van der Waals surface area contributed by atoms with Gasteiger partial charge >= 0.3 is 0 Å². The van der Waals surface area contributed by atoms with Crippen LogP contribution < -0.4 is 0 Å². The number of rotatable bonds is 12. The molecule has 200 valence electrons. The number of piperazine rings is 1. The molecule has 2 saturated heterocycles. The van der Waals surface area contributed by atoms with Gasteiger partial charge in [-0.3, -0.25) is 9.69 Å². The molecule has 4 unspecified atom stereocenters. The lowest BCUT2D eigenvalue weighted by atomic mass is 9.87. The van der Waals surface area contributed by atoms with E-state index in [-0.39, 0.29) is 21.9 Å². The van der Waals surface area contributed by atoms with Crippen molar-refractivity contribution in [3.63, 3.8) is 0 Å². The lowest BCUT2D eigenvalue weighted by Crippen LogP contribution is -2.55. The lowest BCUT2D eigenvalue weighted by Gasteiger charge is -2.45. The SMILES string of the molecule is CCCN(C)CCCN1CCN(C2CCC=CC2C2SC(CC=O)C(=O)N2CCC(C)(C)C)CC1. The molecule has 35 heavy (non-hydrogen) atoms. The van der Waals surface area contributed by atoms with Crippen molar-refractivity contribution in [1.82, 2.24) is 19.6 Å². The minimum absolute atomic E-state index is 0.142. The predicted molar refractivity (Wildman–Crippen MR) is 148 cm³/mol. The highest BCUT2D eigenvalue weighted by atomic mass is 32.2. The first kappa shape index (κ1) is 28.7. The second-order valence-corrected chi connectivity index (χ2v) is 13.3. The van der Waals surface area contributed by atoms with Crippen LogP contribution in [0, 0.1) is 11.3 Å². The number of hydrogen-bond acceptors (Lipinski definition) is 6. The van der Waals surface area contributed by atoms with Gasteiger partial charge in [0.05, 0.1) is 10.6 Å². The highest BCUT2D eigenvalue weighted by molar-refractivity contribution is 8.01. The monoisotopic (exact) mass is 506 g/mol. The molecule has 7 heteroatoms. The van der Waals surface area contributed by atoms with Gasteiger partial charge in [0.25, 0.3) is 0 Å². The minimum Gasteiger partial charge on any atom is -0.329 e. The van der Waals surface area contributed by atoms with Gasteiger partial charge in [-0.05, 0) is 64.2 Å². The largest absolute Gasteiger partial charge is 0.329 e. The summed E-state index contributed by atoms with van der Waals surface area (Å²) in [5, 5.41) is -0.0698. The summed E-state index contributed by atoms with van der Waals surface area (Å²) in [4.78, 5) is 34.5. The topological polar surface area (TPSA) is 47.1 Å². The van der Waals surface area contributed by atoms with Crippen LogP contribution in [0.25, 0.3) is 0 Å². The Morgan fingerprint density at radius 1 is 1.14 bits per heavy atom. The molecule has 2 aliphatic heterocycles. The van der Waals surface area contributed by atoms with E-state index in [1.54, 1.807) is 11.8 Å². The van der Waals surface area contributed by atoms with Crippen LogP contribution in [-0.2, 0) is 9.59 Å². The van der Waals surface area contributed by atoms with Crippen molar-refractivity contribution < 1.29 is 9.59 Å². The van der Waals surface area contributed by atoms with Crippen molar-refractivity contribution in [3.05, 3.63) is 12.2 Å². The van der Waals surface area contributed by atoms with Gasteiger partial charge in [-0.15, -0.1) is 11.8 Å². The first-order valence-electron chi connectivity index (χ1n) is 13.9. The van der Waals surface area contributed by atoms with Crippen molar-refractivity contribution in [3.8, 4) is 0 Å². The van der Waals surface area contributed by atoms with Gasteiger partial charge < -0.3 is 19.5 Å². The Morgan fingerprint density at radius 2 is 1.89 bits per heavy atom. The molecule has 0 aromatic heterocycles. The van der Waals surface area contributed by atoms with Gasteiger partial charge in [0.1, 0.15) is 6.29 Å². The number of thioether (sulfide) groups is 1. The molecule has 3 aliphatic rings. The zero-order valence-corrected chi connectivity index (χ0v) is 23.8. The van der Waals surface area contributed by atoms with Gasteiger partial charge in [-0.1, -0.05) is 39.8 Å². The molecule has 2 heterocycles. The second kappa shape index (κ2) is 13.6. The Morgan fingerprint density at radius 3 is 2.54 bits per heavy atom. The average Bonchev–Trinajstić information content (AvgIpc) is 3.13. The third-order valence-corrected chi connectivity index (χ3v) is 9.41. The number of hydrogen-bond donors (Lipinski definition) is 0. The fourth-order valence-electron chi connectivity index (χ4n) is 5.77. The molecule has 0 aromatic carbocycles. The molecule has 3 rings (SSSR count). The number of amides is 1. The average molecular weight is 507 g/mol. The highest BCUT2D eigenvalue weighted by Gasteiger charge is 2.46. The Bertz CT molecular complexity index is 702. The molecule has 1 aliphatic carbocycles. The number of carbonyl (C=O) groups is 2. The van der Waals surface area contributed by atoms with E-state index in [0.717, 1.165) is 51.9 Å². The number of allylic oxidation sites excluding steroid dienone is 1. The molecule has 6 nitrogen and oxygen atoms in total. The molecular formula is C28H50N4O2S. The summed E-state index contributed by atoms with van der Waals surface area (Å²) in [7, 11) is 2.23. The number of nitrogens with zero attached hydrogens (tertiary/aromatic N) is 4. The summed E-state index contributed by atoms with van der Waals surface area (Å²) in [6.07, 6.45) is 11.7. The predicted octanol–water partition coefficient (Wildman–Crippen LogP) is 3.97. The van der Waals surface area contributed by atoms with E-state index in [1.807, 2.05) is 0 Å². The van der Waals surface area contributed by atoms with Gasteiger partial charge in [-0.25, -0.2) is 0 Å². The van der Waals surface area contributed by atoms with Crippen LogP contribution in [0.4, 0.5) is 0 Å². The molecule has 1 amide bonds. The van der Waals surface area contributed by atoms with Crippen molar-refractivity contribution >= 4 is 24.0 Å². The van der Waals surface area contributed by atoms with Gasteiger partial charge in [-0.2, -0.15) is 0 Å². The third kappa shape index (κ3) is 8.31. The van der Waals surface area contributed by atoms with Crippen LogP contribution in [0.1, 0.15) is 66.2 Å². The van der Waals surface area contributed by atoms with E-state index < -0.39 is 0 Å². The summed E-state index contributed by atoms with van der Waals surface area (Å²) < 4.78 is 0. The normalized spacial score (nSPS) is 28.9. The maximum absolute atomic E-state index is 13.3. The van der Waals surface area contributed by atoms with Gasteiger partial charge in [0, 0.05) is 51.1 Å². The molecule has 2 fully saturated rings. The lowest BCUT2D eigenvalue weighted by molar-refractivity contribution is -0.131. The summed E-state index contributed by atoms with van der Waals surface area (Å²) >= 11 is 1.75. The Kier molecular flexibility index (Phi) is 11.1. The van der Waals surface area contributed by atoms with E-state index in [1.165, 1.54) is 38.9 Å². The minimum atomic E-state index is -0.212. The van der Waals surface area contributed by atoms with E-state index in [0.29, 0.717) is 18.4 Å². The van der Waals surface area contributed by atoms with Crippen molar-refractivity contribution in [1.29, 1.82) is 0 Å². The van der Waals surface area contributed by atoms with Crippen LogP contribution in [0.5, 0.6) is 0 Å². The summed E-state index contributed by atoms with van der Waals surface area (Å²) in [6.45, 7) is 17.8. The molecule has 0 aromatic rings. The Labute approximate surface area is 218 Å². The van der Waals surface area contributed by atoms with Crippen LogP contribution in [-0.4, -0.2) is 108 Å². The molecular weight excluding hydrogens is 456 g/mol. The summed E-state index contributed by atoms with van der Waals surface area (Å²) in [6, 6.07) is 0.482.